The van der Waals surface area contributed by atoms with Crippen LogP contribution in [0, 0.1) is 6.92 Å². The summed E-state index contributed by atoms with van der Waals surface area (Å²) in [5, 5.41) is 3.10. The molecule has 2 heterocycles. The third kappa shape index (κ3) is 2.15. The fourth-order valence-electron chi connectivity index (χ4n) is 2.29. The average molecular weight is 284 g/mol. The SMILES string of the molecule is CCc1ccc(-c2csc3nc(C)nc(NN)c23)cc1. The molecule has 3 aromatic rings. The zero-order valence-electron chi connectivity index (χ0n) is 11.5. The molecule has 4 nitrogen and oxygen atoms in total. The van der Waals surface area contributed by atoms with Crippen LogP contribution in [0.4, 0.5) is 5.82 Å². The van der Waals surface area contributed by atoms with E-state index in [2.05, 4.69) is 52.0 Å². The number of nitrogens with one attached hydrogen (secondary N) is 1. The molecule has 0 saturated carbocycles. The van der Waals surface area contributed by atoms with Gasteiger partial charge in [0.2, 0.25) is 0 Å². The predicted octanol–water partition coefficient (Wildman–Crippen LogP) is 3.51. The Labute approximate surface area is 121 Å². The summed E-state index contributed by atoms with van der Waals surface area (Å²) in [5.74, 6) is 7.01. The number of nitrogens with zero attached hydrogens (tertiary/aromatic N) is 2. The van der Waals surface area contributed by atoms with Crippen molar-refractivity contribution in [3.05, 3.63) is 41.0 Å². The highest BCUT2D eigenvalue weighted by Gasteiger charge is 2.13. The van der Waals surface area contributed by atoms with E-state index in [4.69, 9.17) is 5.84 Å². The van der Waals surface area contributed by atoms with Crippen LogP contribution in [0.25, 0.3) is 21.3 Å². The Hall–Kier alpha value is -1.98. The van der Waals surface area contributed by atoms with Crippen molar-refractivity contribution in [3.63, 3.8) is 0 Å². The Morgan fingerprint density at radius 2 is 1.95 bits per heavy atom. The van der Waals surface area contributed by atoms with E-state index in [-0.39, 0.29) is 0 Å². The molecule has 1 aromatic carbocycles. The van der Waals surface area contributed by atoms with E-state index >= 15 is 0 Å². The molecular weight excluding hydrogens is 268 g/mol. The zero-order valence-corrected chi connectivity index (χ0v) is 12.3. The predicted molar refractivity (Wildman–Crippen MR) is 84.8 cm³/mol. The molecule has 0 aliphatic rings. The number of hydrogen-bond acceptors (Lipinski definition) is 5. The summed E-state index contributed by atoms with van der Waals surface area (Å²) in [6, 6.07) is 8.59. The van der Waals surface area contributed by atoms with E-state index in [0.717, 1.165) is 33.6 Å². The van der Waals surface area contributed by atoms with Crippen molar-refractivity contribution in [1.82, 2.24) is 9.97 Å². The molecule has 0 unspecified atom stereocenters. The quantitative estimate of drug-likeness (QED) is 0.570. The summed E-state index contributed by atoms with van der Waals surface area (Å²) in [6.07, 6.45) is 1.04. The molecule has 0 bridgehead atoms. The van der Waals surface area contributed by atoms with Crippen LogP contribution in [0.15, 0.2) is 29.6 Å². The van der Waals surface area contributed by atoms with Crippen molar-refractivity contribution in [3.8, 4) is 11.1 Å². The van der Waals surface area contributed by atoms with Gasteiger partial charge in [0.15, 0.2) is 5.82 Å². The second kappa shape index (κ2) is 5.19. The van der Waals surface area contributed by atoms with Gasteiger partial charge in [-0.05, 0) is 24.5 Å². The van der Waals surface area contributed by atoms with Gasteiger partial charge >= 0.3 is 0 Å². The highest BCUT2D eigenvalue weighted by molar-refractivity contribution is 7.17. The summed E-state index contributed by atoms with van der Waals surface area (Å²) < 4.78 is 0. The number of aromatic nitrogens is 2. The lowest BCUT2D eigenvalue weighted by molar-refractivity contribution is 1.09. The molecule has 0 aliphatic carbocycles. The summed E-state index contributed by atoms with van der Waals surface area (Å²) in [4.78, 5) is 9.81. The normalized spacial score (nSPS) is 10.9. The molecule has 0 amide bonds. The van der Waals surface area contributed by atoms with Gasteiger partial charge in [-0.1, -0.05) is 31.2 Å². The number of nitrogen functional groups attached to an aromatic ring is 1. The fourth-order valence-corrected chi connectivity index (χ4v) is 3.28. The third-order valence-electron chi connectivity index (χ3n) is 3.36. The van der Waals surface area contributed by atoms with E-state index in [1.165, 1.54) is 5.56 Å². The van der Waals surface area contributed by atoms with Crippen LogP contribution in [0.3, 0.4) is 0 Å². The maximum atomic E-state index is 5.60. The lowest BCUT2D eigenvalue weighted by Crippen LogP contribution is -2.10. The molecule has 3 rings (SSSR count). The molecule has 0 atom stereocenters. The van der Waals surface area contributed by atoms with Gasteiger partial charge in [0.1, 0.15) is 10.7 Å². The van der Waals surface area contributed by atoms with E-state index in [0.29, 0.717) is 5.82 Å². The largest absolute Gasteiger partial charge is 0.308 e. The average Bonchev–Trinajstić information content (AvgIpc) is 2.90. The molecule has 0 saturated heterocycles. The molecule has 0 radical (unpaired) electrons. The van der Waals surface area contributed by atoms with Gasteiger partial charge in [0.05, 0.1) is 5.39 Å². The number of rotatable bonds is 3. The number of benzene rings is 1. The zero-order chi connectivity index (χ0) is 14.1. The molecule has 102 valence electrons. The molecule has 5 heteroatoms. The number of aryl methyl sites for hydroxylation is 2. The summed E-state index contributed by atoms with van der Waals surface area (Å²) in [5.41, 5.74) is 6.31. The minimum atomic E-state index is 0.684. The van der Waals surface area contributed by atoms with Crippen molar-refractivity contribution < 1.29 is 0 Å². The summed E-state index contributed by atoms with van der Waals surface area (Å²) in [6.45, 7) is 4.03. The van der Waals surface area contributed by atoms with Crippen LogP contribution in [0.5, 0.6) is 0 Å². The first-order valence-electron chi connectivity index (χ1n) is 6.54. The fraction of sp³-hybridized carbons (Fsp3) is 0.200. The minimum Gasteiger partial charge on any atom is -0.308 e. The second-order valence-corrected chi connectivity index (χ2v) is 5.50. The van der Waals surface area contributed by atoms with Gasteiger partial charge in [-0.25, -0.2) is 15.8 Å². The summed E-state index contributed by atoms with van der Waals surface area (Å²) >= 11 is 1.62. The molecule has 2 aromatic heterocycles. The van der Waals surface area contributed by atoms with Crippen LogP contribution < -0.4 is 11.3 Å². The van der Waals surface area contributed by atoms with Crippen molar-refractivity contribution in [2.24, 2.45) is 5.84 Å². The first-order chi connectivity index (χ1) is 9.72. The number of thiophene rings is 1. The van der Waals surface area contributed by atoms with Gasteiger partial charge in [-0.15, -0.1) is 11.3 Å². The first-order valence-corrected chi connectivity index (χ1v) is 7.42. The Balaban J connectivity index is 2.20. The molecule has 0 fully saturated rings. The minimum absolute atomic E-state index is 0.684. The Morgan fingerprint density at radius 1 is 1.20 bits per heavy atom. The number of hydrogen-bond donors (Lipinski definition) is 2. The standard InChI is InChI=1S/C15H16N4S/c1-3-10-4-6-11(7-5-10)12-8-20-15-13(12)14(19-16)17-9(2)18-15/h4-8H,3,16H2,1-2H3,(H,17,18,19). The Kier molecular flexibility index (Phi) is 3.38. The van der Waals surface area contributed by atoms with Crippen molar-refractivity contribution >= 4 is 27.4 Å². The van der Waals surface area contributed by atoms with Gasteiger partial charge in [-0.2, -0.15) is 0 Å². The topological polar surface area (TPSA) is 63.8 Å². The Morgan fingerprint density at radius 3 is 2.60 bits per heavy atom. The first kappa shape index (κ1) is 13.0. The van der Waals surface area contributed by atoms with Crippen LogP contribution >= 0.6 is 11.3 Å². The van der Waals surface area contributed by atoms with Crippen LogP contribution in [-0.4, -0.2) is 9.97 Å². The van der Waals surface area contributed by atoms with Crippen LogP contribution in [-0.2, 0) is 6.42 Å². The summed E-state index contributed by atoms with van der Waals surface area (Å²) in [7, 11) is 0. The van der Waals surface area contributed by atoms with Gasteiger partial charge in [0, 0.05) is 10.9 Å². The van der Waals surface area contributed by atoms with E-state index in [9.17, 15) is 0 Å². The van der Waals surface area contributed by atoms with Crippen molar-refractivity contribution in [2.45, 2.75) is 20.3 Å². The number of anilines is 1. The highest BCUT2D eigenvalue weighted by atomic mass is 32.1. The van der Waals surface area contributed by atoms with E-state index in [1.54, 1.807) is 11.3 Å². The second-order valence-electron chi connectivity index (χ2n) is 4.64. The third-order valence-corrected chi connectivity index (χ3v) is 4.23. The van der Waals surface area contributed by atoms with Crippen molar-refractivity contribution in [2.75, 3.05) is 5.43 Å². The van der Waals surface area contributed by atoms with Crippen molar-refractivity contribution in [1.29, 1.82) is 0 Å². The number of fused-ring (bicyclic) bond motifs is 1. The monoisotopic (exact) mass is 284 g/mol. The Bertz CT molecular complexity index is 746. The molecular formula is C15H16N4S. The molecule has 0 aliphatic heterocycles. The molecule has 3 N–H and O–H groups in total. The maximum Gasteiger partial charge on any atom is 0.153 e. The number of hydrazine groups is 1. The van der Waals surface area contributed by atoms with E-state index < -0.39 is 0 Å². The maximum absolute atomic E-state index is 5.60. The van der Waals surface area contributed by atoms with Crippen LogP contribution in [0.1, 0.15) is 18.3 Å². The molecule has 0 spiro atoms. The number of nitrogens with two attached hydrogens (primary N) is 1. The van der Waals surface area contributed by atoms with Gasteiger partial charge < -0.3 is 5.43 Å². The lowest BCUT2D eigenvalue weighted by atomic mass is 10.0. The van der Waals surface area contributed by atoms with E-state index in [1.807, 2.05) is 6.92 Å². The van der Waals surface area contributed by atoms with Crippen LogP contribution in [0.2, 0.25) is 0 Å². The smallest absolute Gasteiger partial charge is 0.153 e. The van der Waals surface area contributed by atoms with Gasteiger partial charge in [-0.3, -0.25) is 0 Å². The lowest BCUT2D eigenvalue weighted by Gasteiger charge is -2.06. The van der Waals surface area contributed by atoms with Gasteiger partial charge in [0.25, 0.3) is 0 Å². The highest BCUT2D eigenvalue weighted by Crippen LogP contribution is 2.36. The molecule has 20 heavy (non-hydrogen) atoms.